The average molecular weight is 386 g/mol. The van der Waals surface area contributed by atoms with E-state index in [9.17, 15) is 9.59 Å². The van der Waals surface area contributed by atoms with Crippen molar-refractivity contribution in [1.82, 2.24) is 0 Å². The third-order valence-corrected chi connectivity index (χ3v) is 3.85. The lowest BCUT2D eigenvalue weighted by Gasteiger charge is -1.97. The van der Waals surface area contributed by atoms with Gasteiger partial charge in [0.25, 0.3) is 0 Å². The van der Waals surface area contributed by atoms with Crippen molar-refractivity contribution < 1.29 is 30.0 Å². The van der Waals surface area contributed by atoms with Crippen molar-refractivity contribution in [3.05, 3.63) is 70.8 Å². The summed E-state index contributed by atoms with van der Waals surface area (Å²) in [5.74, 6) is -1.91. The number of carboxylic acids is 2. The molecule has 2 rings (SSSR count). The van der Waals surface area contributed by atoms with E-state index in [4.69, 9.17) is 20.4 Å². The SMILES string of the molecule is O=C(O)c1ccc(C=Cc2ccc(C(=O)O)cc2)cc1.OCCCCCCO. The van der Waals surface area contributed by atoms with Crippen molar-refractivity contribution in [2.45, 2.75) is 25.7 Å². The molecular weight excluding hydrogens is 360 g/mol. The second kappa shape index (κ2) is 13.2. The number of carbonyl (C=O) groups is 2. The molecule has 0 fully saturated rings. The van der Waals surface area contributed by atoms with Crippen molar-refractivity contribution in [1.29, 1.82) is 0 Å². The lowest BCUT2D eigenvalue weighted by Crippen LogP contribution is -1.95. The smallest absolute Gasteiger partial charge is 0.335 e. The Hall–Kier alpha value is -2.96. The molecule has 2 aromatic carbocycles. The summed E-state index contributed by atoms with van der Waals surface area (Å²) in [6, 6.07) is 13.0. The highest BCUT2D eigenvalue weighted by Crippen LogP contribution is 2.11. The van der Waals surface area contributed by atoms with Gasteiger partial charge in [-0.05, 0) is 48.2 Å². The number of carboxylic acid groups (broad SMARTS) is 2. The number of unbranched alkanes of at least 4 members (excludes halogenated alkanes) is 3. The van der Waals surface area contributed by atoms with E-state index >= 15 is 0 Å². The van der Waals surface area contributed by atoms with Crippen molar-refractivity contribution in [3.8, 4) is 0 Å². The van der Waals surface area contributed by atoms with Gasteiger partial charge in [-0.25, -0.2) is 9.59 Å². The van der Waals surface area contributed by atoms with E-state index in [2.05, 4.69) is 0 Å². The lowest BCUT2D eigenvalue weighted by molar-refractivity contribution is 0.0686. The van der Waals surface area contributed by atoms with Crippen LogP contribution in [0.2, 0.25) is 0 Å². The van der Waals surface area contributed by atoms with E-state index in [1.807, 2.05) is 12.2 Å². The van der Waals surface area contributed by atoms with Crippen LogP contribution in [0.4, 0.5) is 0 Å². The fraction of sp³-hybridized carbons (Fsp3) is 0.273. The minimum atomic E-state index is -0.954. The van der Waals surface area contributed by atoms with Gasteiger partial charge in [-0.15, -0.1) is 0 Å². The Morgan fingerprint density at radius 3 is 1.18 bits per heavy atom. The molecule has 0 amide bonds. The highest BCUT2D eigenvalue weighted by molar-refractivity contribution is 5.88. The molecule has 0 saturated heterocycles. The quantitative estimate of drug-likeness (QED) is 0.385. The molecule has 6 nitrogen and oxygen atoms in total. The van der Waals surface area contributed by atoms with Crippen LogP contribution >= 0.6 is 0 Å². The summed E-state index contributed by atoms with van der Waals surface area (Å²) in [6.45, 7) is 0.566. The molecule has 0 atom stereocenters. The molecule has 0 heterocycles. The number of hydrogen-bond donors (Lipinski definition) is 4. The Morgan fingerprint density at radius 1 is 0.607 bits per heavy atom. The van der Waals surface area contributed by atoms with Gasteiger partial charge in [-0.3, -0.25) is 0 Å². The summed E-state index contributed by atoms with van der Waals surface area (Å²) < 4.78 is 0. The first kappa shape index (κ1) is 23.1. The number of hydrogen-bond acceptors (Lipinski definition) is 4. The molecule has 0 bridgehead atoms. The van der Waals surface area contributed by atoms with Gasteiger partial charge in [0.15, 0.2) is 0 Å². The van der Waals surface area contributed by atoms with Crippen LogP contribution in [0.15, 0.2) is 48.5 Å². The van der Waals surface area contributed by atoms with Crippen LogP contribution in [0.1, 0.15) is 57.5 Å². The lowest BCUT2D eigenvalue weighted by atomic mass is 10.1. The summed E-state index contributed by atoms with van der Waals surface area (Å²) in [4.78, 5) is 21.4. The second-order valence-electron chi connectivity index (χ2n) is 6.05. The zero-order valence-electron chi connectivity index (χ0n) is 15.6. The molecule has 6 heteroatoms. The molecule has 4 N–H and O–H groups in total. The number of aliphatic hydroxyl groups is 2. The molecule has 0 aliphatic heterocycles. The minimum Gasteiger partial charge on any atom is -0.478 e. The Labute approximate surface area is 164 Å². The molecule has 2 aromatic rings. The Kier molecular flexibility index (Phi) is 10.9. The van der Waals surface area contributed by atoms with Crippen LogP contribution in [0.25, 0.3) is 12.2 Å². The fourth-order valence-corrected chi connectivity index (χ4v) is 2.24. The summed E-state index contributed by atoms with van der Waals surface area (Å²) in [5.41, 5.74) is 2.23. The fourth-order valence-electron chi connectivity index (χ4n) is 2.24. The van der Waals surface area contributed by atoms with Crippen LogP contribution in [0.5, 0.6) is 0 Å². The summed E-state index contributed by atoms with van der Waals surface area (Å²) >= 11 is 0. The first-order valence-corrected chi connectivity index (χ1v) is 9.04. The van der Waals surface area contributed by atoms with Crippen molar-refractivity contribution in [3.63, 3.8) is 0 Å². The van der Waals surface area contributed by atoms with Gasteiger partial charge < -0.3 is 20.4 Å². The molecule has 0 aromatic heterocycles. The molecule has 28 heavy (non-hydrogen) atoms. The monoisotopic (exact) mass is 386 g/mol. The third-order valence-electron chi connectivity index (χ3n) is 3.85. The van der Waals surface area contributed by atoms with Crippen LogP contribution < -0.4 is 0 Å². The third kappa shape index (κ3) is 9.12. The van der Waals surface area contributed by atoms with E-state index < -0.39 is 11.9 Å². The van der Waals surface area contributed by atoms with E-state index in [-0.39, 0.29) is 24.3 Å². The van der Waals surface area contributed by atoms with Gasteiger partial charge in [-0.1, -0.05) is 49.3 Å². The number of benzene rings is 2. The van der Waals surface area contributed by atoms with E-state index in [0.717, 1.165) is 36.8 Å². The number of aliphatic hydroxyl groups excluding tert-OH is 2. The molecule has 150 valence electrons. The predicted octanol–water partition coefficient (Wildman–Crippen LogP) is 3.78. The molecule has 0 aliphatic rings. The zero-order valence-corrected chi connectivity index (χ0v) is 15.6. The maximum Gasteiger partial charge on any atom is 0.335 e. The molecule has 0 radical (unpaired) electrons. The summed E-state index contributed by atoms with van der Waals surface area (Å²) in [7, 11) is 0. The highest BCUT2D eigenvalue weighted by atomic mass is 16.4. The van der Waals surface area contributed by atoms with Gasteiger partial charge in [0, 0.05) is 13.2 Å². The van der Waals surface area contributed by atoms with Gasteiger partial charge in [0.1, 0.15) is 0 Å². The number of aromatic carboxylic acids is 2. The topological polar surface area (TPSA) is 115 Å². The first-order valence-electron chi connectivity index (χ1n) is 9.04. The van der Waals surface area contributed by atoms with Crippen LogP contribution in [0, 0.1) is 0 Å². The zero-order chi connectivity index (χ0) is 20.8. The standard InChI is InChI=1S/C16H12O4.C6H14O2/c17-15(18)13-7-3-11(4-8-13)1-2-12-5-9-14(10-6-12)16(19)20;7-5-3-1-2-4-6-8/h1-10H,(H,17,18)(H,19,20);7-8H,1-6H2. The molecule has 0 spiro atoms. The van der Waals surface area contributed by atoms with Crippen molar-refractivity contribution >= 4 is 24.1 Å². The molecular formula is C22H26O6. The van der Waals surface area contributed by atoms with Gasteiger partial charge >= 0.3 is 11.9 Å². The van der Waals surface area contributed by atoms with Crippen molar-refractivity contribution in [2.75, 3.05) is 13.2 Å². The van der Waals surface area contributed by atoms with Crippen LogP contribution in [-0.2, 0) is 0 Å². The van der Waals surface area contributed by atoms with Crippen molar-refractivity contribution in [2.24, 2.45) is 0 Å². The summed E-state index contributed by atoms with van der Waals surface area (Å²) in [5, 5.41) is 34.2. The van der Waals surface area contributed by atoms with Gasteiger partial charge in [0.2, 0.25) is 0 Å². The second-order valence-corrected chi connectivity index (χ2v) is 6.05. The molecule has 0 unspecified atom stereocenters. The number of rotatable bonds is 9. The maximum atomic E-state index is 10.7. The first-order chi connectivity index (χ1) is 13.5. The van der Waals surface area contributed by atoms with Crippen LogP contribution in [0.3, 0.4) is 0 Å². The molecule has 0 aliphatic carbocycles. The van der Waals surface area contributed by atoms with Gasteiger partial charge in [0.05, 0.1) is 11.1 Å². The Bertz CT molecular complexity index is 682. The molecule has 0 saturated carbocycles. The maximum absolute atomic E-state index is 10.7. The van der Waals surface area contributed by atoms with E-state index in [1.54, 1.807) is 24.3 Å². The predicted molar refractivity (Wildman–Crippen MR) is 108 cm³/mol. The van der Waals surface area contributed by atoms with E-state index in [0.29, 0.717) is 0 Å². The van der Waals surface area contributed by atoms with Gasteiger partial charge in [-0.2, -0.15) is 0 Å². The van der Waals surface area contributed by atoms with Crippen LogP contribution in [-0.4, -0.2) is 45.6 Å². The average Bonchev–Trinajstić information content (AvgIpc) is 2.71. The largest absolute Gasteiger partial charge is 0.478 e. The van der Waals surface area contributed by atoms with E-state index in [1.165, 1.54) is 24.3 Å². The normalized spacial score (nSPS) is 10.4. The highest BCUT2D eigenvalue weighted by Gasteiger charge is 2.01. The minimum absolute atomic E-state index is 0.243. The Morgan fingerprint density at radius 2 is 0.929 bits per heavy atom. The Balaban J connectivity index is 0.000000416. The summed E-state index contributed by atoms with van der Waals surface area (Å²) in [6.07, 6.45) is 7.50.